The van der Waals surface area contributed by atoms with Gasteiger partial charge in [0.2, 0.25) is 5.91 Å². The number of halogens is 2. The number of aromatic nitrogens is 3. The van der Waals surface area contributed by atoms with E-state index in [4.69, 9.17) is 21.5 Å². The summed E-state index contributed by atoms with van der Waals surface area (Å²) >= 11 is 0. The molecule has 4 rings (SSSR count). The van der Waals surface area contributed by atoms with E-state index in [2.05, 4.69) is 10.2 Å². The predicted molar refractivity (Wildman–Crippen MR) is 122 cm³/mol. The second-order valence-corrected chi connectivity index (χ2v) is 9.39. The van der Waals surface area contributed by atoms with Crippen LogP contribution in [0.25, 0.3) is 5.65 Å². The van der Waals surface area contributed by atoms with Crippen molar-refractivity contribution in [1.29, 1.82) is 0 Å². The molecule has 1 amide bonds. The van der Waals surface area contributed by atoms with Gasteiger partial charge in [-0.3, -0.25) is 4.79 Å². The predicted octanol–water partition coefficient (Wildman–Crippen LogP) is 1.55. The number of anilines is 1. The summed E-state index contributed by atoms with van der Waals surface area (Å²) < 4.78 is 27.9. The van der Waals surface area contributed by atoms with Gasteiger partial charge in [0.05, 0.1) is 17.8 Å². The zero-order chi connectivity index (χ0) is 23.7. The van der Waals surface area contributed by atoms with Crippen molar-refractivity contribution in [3.8, 4) is 0 Å². The Hall–Kier alpha value is -2.37. The van der Waals surface area contributed by atoms with Gasteiger partial charge in [-0.15, -0.1) is 0 Å². The maximum Gasteiger partial charge on any atom is 0.293 e. The van der Waals surface area contributed by atoms with Gasteiger partial charge >= 0.3 is 0 Å². The number of carbonyl (C=O) groups excluding carboxylic acids is 1. The molecule has 2 aromatic heterocycles. The maximum atomic E-state index is 13.3. The van der Waals surface area contributed by atoms with E-state index in [0.29, 0.717) is 12.2 Å². The highest BCUT2D eigenvalue weighted by Crippen LogP contribution is 2.32. The number of carbonyl (C=O) groups is 1. The molecule has 33 heavy (non-hydrogen) atoms. The Morgan fingerprint density at radius 2 is 2.09 bits per heavy atom. The van der Waals surface area contributed by atoms with Crippen LogP contribution in [0.1, 0.15) is 56.3 Å². The lowest BCUT2D eigenvalue weighted by molar-refractivity contribution is -0.139. The van der Waals surface area contributed by atoms with E-state index in [0.717, 1.165) is 55.8 Å². The van der Waals surface area contributed by atoms with E-state index in [9.17, 15) is 13.6 Å². The van der Waals surface area contributed by atoms with Gasteiger partial charge in [-0.2, -0.15) is 13.9 Å². The molecule has 2 aliphatic rings. The molecule has 2 unspecified atom stereocenters. The number of likely N-dealkylation sites (tertiary alicyclic amines) is 1. The van der Waals surface area contributed by atoms with Crippen molar-refractivity contribution in [3.63, 3.8) is 0 Å². The van der Waals surface area contributed by atoms with Crippen LogP contribution in [0.2, 0.25) is 0 Å². The fourth-order valence-corrected chi connectivity index (χ4v) is 4.95. The number of fused-ring (bicyclic) bond motifs is 1. The minimum absolute atomic E-state index is 0.139. The maximum absolute atomic E-state index is 13.3. The summed E-state index contributed by atoms with van der Waals surface area (Å²) in [6, 6.07) is 0.348. The third-order valence-corrected chi connectivity index (χ3v) is 6.51. The molecular formula is C22H34F2N8O. The van der Waals surface area contributed by atoms with Gasteiger partial charge < -0.3 is 21.3 Å². The second kappa shape index (κ2) is 9.86. The summed E-state index contributed by atoms with van der Waals surface area (Å²) in [5.74, 6) is 0.543. The van der Waals surface area contributed by atoms with Gasteiger partial charge in [-0.1, -0.05) is 0 Å². The molecule has 5 N–H and O–H groups in total. The molecule has 0 radical (unpaired) electrons. The first-order chi connectivity index (χ1) is 15.7. The molecule has 2 aromatic rings. The molecule has 4 heterocycles. The average molecular weight is 465 g/mol. The van der Waals surface area contributed by atoms with E-state index >= 15 is 0 Å². The van der Waals surface area contributed by atoms with Crippen LogP contribution in [-0.2, 0) is 4.79 Å². The summed E-state index contributed by atoms with van der Waals surface area (Å²) in [6.45, 7) is 3.06. The Morgan fingerprint density at radius 3 is 2.76 bits per heavy atom. The molecule has 2 aliphatic heterocycles. The lowest BCUT2D eigenvalue weighted by Gasteiger charge is -2.37. The fourth-order valence-electron chi connectivity index (χ4n) is 4.95. The first-order valence-electron chi connectivity index (χ1n) is 11.7. The summed E-state index contributed by atoms with van der Waals surface area (Å²) in [4.78, 5) is 22.0. The van der Waals surface area contributed by atoms with Crippen molar-refractivity contribution in [2.45, 2.75) is 76.7 Å². The van der Waals surface area contributed by atoms with Crippen LogP contribution in [0.3, 0.4) is 0 Å². The standard InChI is InChI=1S/C22H34F2N8O/c1-13-11-32-19(28-20(13)30-8-6-15(26)12-30)10-16(29-32)18-5-3-4-7-31(18)21(33)17(9-14(2)25)27-22(23)24/h10-11,14-15,17-18,22,27H,3-9,12,25-26H2,1-2H3/t14?,15-,17?,18-/m0/s1. The smallest absolute Gasteiger partial charge is 0.293 e. The number of alkyl halides is 2. The van der Waals surface area contributed by atoms with Gasteiger partial charge in [-0.25, -0.2) is 14.8 Å². The largest absolute Gasteiger partial charge is 0.355 e. The monoisotopic (exact) mass is 464 g/mol. The van der Waals surface area contributed by atoms with Crippen molar-refractivity contribution >= 4 is 17.4 Å². The van der Waals surface area contributed by atoms with Crippen molar-refractivity contribution in [2.24, 2.45) is 11.5 Å². The lowest BCUT2D eigenvalue weighted by atomic mass is 9.97. The lowest BCUT2D eigenvalue weighted by Crippen LogP contribution is -2.52. The molecule has 11 heteroatoms. The Bertz CT molecular complexity index is 971. The van der Waals surface area contributed by atoms with Crippen molar-refractivity contribution in [3.05, 3.63) is 23.5 Å². The highest BCUT2D eigenvalue weighted by Gasteiger charge is 2.35. The number of nitrogens with one attached hydrogen (secondary N) is 1. The molecule has 4 atom stereocenters. The van der Waals surface area contributed by atoms with Gasteiger partial charge in [0.15, 0.2) is 5.65 Å². The quantitative estimate of drug-likeness (QED) is 0.532. The Balaban J connectivity index is 1.61. The second-order valence-electron chi connectivity index (χ2n) is 9.39. The molecular weight excluding hydrogens is 430 g/mol. The van der Waals surface area contributed by atoms with E-state index in [-0.39, 0.29) is 30.5 Å². The number of rotatable bonds is 7. The molecule has 0 bridgehead atoms. The summed E-state index contributed by atoms with van der Waals surface area (Å²) in [5.41, 5.74) is 14.3. The van der Waals surface area contributed by atoms with Crippen LogP contribution in [-0.4, -0.2) is 69.7 Å². The summed E-state index contributed by atoms with van der Waals surface area (Å²) in [6.07, 6.45) is 5.50. The van der Waals surface area contributed by atoms with E-state index in [1.165, 1.54) is 0 Å². The Morgan fingerprint density at radius 1 is 1.30 bits per heavy atom. The number of nitrogens with zero attached hydrogens (tertiary/aromatic N) is 5. The highest BCUT2D eigenvalue weighted by molar-refractivity contribution is 5.82. The average Bonchev–Trinajstić information content (AvgIpc) is 3.37. The van der Waals surface area contributed by atoms with E-state index in [1.807, 2.05) is 19.2 Å². The summed E-state index contributed by atoms with van der Waals surface area (Å²) in [5, 5.41) is 6.82. The molecule has 182 valence electrons. The van der Waals surface area contributed by atoms with Crippen LogP contribution in [0.15, 0.2) is 12.3 Å². The van der Waals surface area contributed by atoms with Crippen LogP contribution < -0.4 is 21.7 Å². The number of nitrogens with two attached hydrogens (primary N) is 2. The number of amides is 1. The number of hydrogen-bond acceptors (Lipinski definition) is 7. The number of aryl methyl sites for hydroxylation is 1. The molecule has 0 saturated carbocycles. The number of hydrogen-bond donors (Lipinski definition) is 3. The minimum Gasteiger partial charge on any atom is -0.355 e. The molecule has 0 spiro atoms. The molecule has 2 saturated heterocycles. The first-order valence-corrected chi connectivity index (χ1v) is 11.7. The van der Waals surface area contributed by atoms with Crippen molar-refractivity contribution < 1.29 is 13.6 Å². The molecule has 2 fully saturated rings. The van der Waals surface area contributed by atoms with Crippen LogP contribution >= 0.6 is 0 Å². The SMILES string of the molecule is Cc1cn2nc([C@@H]3CCCCN3C(=O)C(CC(C)N)NC(F)F)cc2nc1N1CC[C@H](N)C1. The Kier molecular flexibility index (Phi) is 7.10. The van der Waals surface area contributed by atoms with Gasteiger partial charge in [0.1, 0.15) is 5.82 Å². The van der Waals surface area contributed by atoms with E-state index in [1.54, 1.807) is 16.3 Å². The zero-order valence-corrected chi connectivity index (χ0v) is 19.3. The normalized spacial score (nSPS) is 23.5. The van der Waals surface area contributed by atoms with Gasteiger partial charge in [0.25, 0.3) is 6.55 Å². The third-order valence-electron chi connectivity index (χ3n) is 6.51. The third kappa shape index (κ3) is 5.25. The number of piperidine rings is 1. The molecule has 0 aromatic carbocycles. The van der Waals surface area contributed by atoms with Crippen LogP contribution in [0.5, 0.6) is 0 Å². The summed E-state index contributed by atoms with van der Waals surface area (Å²) in [7, 11) is 0. The van der Waals surface area contributed by atoms with Gasteiger partial charge in [-0.05, 0) is 46.0 Å². The van der Waals surface area contributed by atoms with Crippen molar-refractivity contribution in [2.75, 3.05) is 24.5 Å². The van der Waals surface area contributed by atoms with Crippen LogP contribution in [0, 0.1) is 6.92 Å². The Labute approximate surface area is 192 Å². The highest BCUT2D eigenvalue weighted by atomic mass is 19.3. The van der Waals surface area contributed by atoms with E-state index < -0.39 is 12.6 Å². The minimum atomic E-state index is -2.79. The molecule has 0 aliphatic carbocycles. The van der Waals surface area contributed by atoms with Gasteiger partial charge in [0, 0.05) is 49.5 Å². The topological polar surface area (TPSA) is 118 Å². The van der Waals surface area contributed by atoms with Crippen molar-refractivity contribution in [1.82, 2.24) is 24.8 Å². The fraction of sp³-hybridized carbons (Fsp3) is 0.682. The molecule has 9 nitrogen and oxygen atoms in total. The first kappa shape index (κ1) is 23.8. The van der Waals surface area contributed by atoms with Crippen LogP contribution in [0.4, 0.5) is 14.6 Å². The zero-order valence-electron chi connectivity index (χ0n) is 19.3.